The van der Waals surface area contributed by atoms with Gasteiger partial charge in [0.05, 0.1) is 5.56 Å². The van der Waals surface area contributed by atoms with Crippen molar-refractivity contribution >= 4 is 45.7 Å². The number of anilines is 1. The molecule has 0 bridgehead atoms. The summed E-state index contributed by atoms with van der Waals surface area (Å²) in [4.78, 5) is 34.5. The molecule has 0 radical (unpaired) electrons. The van der Waals surface area contributed by atoms with E-state index in [0.29, 0.717) is 15.8 Å². The maximum absolute atomic E-state index is 11.8. The zero-order chi connectivity index (χ0) is 18.4. The number of benzene rings is 1. The number of carbonyl (C=O) groups excluding carboxylic acids is 3. The Kier molecular flexibility index (Phi) is 6.37. The summed E-state index contributed by atoms with van der Waals surface area (Å²) < 4.78 is 10.1. The van der Waals surface area contributed by atoms with Gasteiger partial charge in [-0.25, -0.2) is 4.79 Å². The van der Waals surface area contributed by atoms with Gasteiger partial charge in [-0.15, -0.1) is 11.3 Å². The summed E-state index contributed by atoms with van der Waals surface area (Å²) >= 11 is 7.04. The van der Waals surface area contributed by atoms with Crippen LogP contribution in [0.5, 0.6) is 5.75 Å². The maximum atomic E-state index is 11.8. The SMILES string of the molecule is Cc1cc(OCC(=O)OCC(=O)Nc2sccc2C(N)=O)ccc1Cl. The molecule has 7 nitrogen and oxygen atoms in total. The minimum atomic E-state index is -0.705. The van der Waals surface area contributed by atoms with E-state index in [1.165, 1.54) is 6.07 Å². The first-order valence-corrected chi connectivity index (χ1v) is 8.34. The molecule has 0 aliphatic carbocycles. The number of primary amides is 1. The Morgan fingerprint density at radius 1 is 1.24 bits per heavy atom. The van der Waals surface area contributed by atoms with Crippen LogP contribution in [0.3, 0.4) is 0 Å². The van der Waals surface area contributed by atoms with Gasteiger partial charge in [0, 0.05) is 5.02 Å². The molecule has 9 heteroatoms. The Bertz CT molecular complexity index is 806. The number of carbonyl (C=O) groups is 3. The molecule has 0 spiro atoms. The Morgan fingerprint density at radius 3 is 2.68 bits per heavy atom. The molecule has 1 aromatic heterocycles. The van der Waals surface area contributed by atoms with E-state index >= 15 is 0 Å². The van der Waals surface area contributed by atoms with Crippen LogP contribution in [0.15, 0.2) is 29.6 Å². The number of nitrogens with two attached hydrogens (primary N) is 1. The van der Waals surface area contributed by atoms with Crippen molar-refractivity contribution < 1.29 is 23.9 Å². The second-order valence-electron chi connectivity index (χ2n) is 4.94. The number of aryl methyl sites for hydroxylation is 1. The van der Waals surface area contributed by atoms with Gasteiger partial charge >= 0.3 is 5.97 Å². The third-order valence-corrected chi connectivity index (χ3v) is 4.29. The molecule has 2 rings (SSSR count). The molecule has 0 aliphatic heterocycles. The van der Waals surface area contributed by atoms with E-state index < -0.39 is 24.4 Å². The third kappa shape index (κ3) is 5.47. The average Bonchev–Trinajstić information content (AvgIpc) is 3.02. The molecule has 132 valence electrons. The Labute approximate surface area is 152 Å². The molecule has 0 aliphatic rings. The highest BCUT2D eigenvalue weighted by Gasteiger charge is 2.14. The zero-order valence-electron chi connectivity index (χ0n) is 13.2. The molecule has 2 amide bonds. The van der Waals surface area contributed by atoms with Gasteiger partial charge in [0.1, 0.15) is 10.8 Å². The van der Waals surface area contributed by atoms with Crippen LogP contribution in [0.4, 0.5) is 5.00 Å². The maximum Gasteiger partial charge on any atom is 0.344 e. The van der Waals surface area contributed by atoms with E-state index in [4.69, 9.17) is 26.8 Å². The van der Waals surface area contributed by atoms with Crippen LogP contribution in [0.25, 0.3) is 0 Å². The first kappa shape index (κ1) is 18.8. The first-order chi connectivity index (χ1) is 11.9. The van der Waals surface area contributed by atoms with Crippen molar-refractivity contribution in [2.24, 2.45) is 5.73 Å². The second kappa shape index (κ2) is 8.50. The van der Waals surface area contributed by atoms with Crippen molar-refractivity contribution in [3.63, 3.8) is 0 Å². The summed E-state index contributed by atoms with van der Waals surface area (Å²) in [5.74, 6) is -1.47. The monoisotopic (exact) mass is 382 g/mol. The lowest BCUT2D eigenvalue weighted by Gasteiger charge is -2.08. The molecule has 0 saturated heterocycles. The van der Waals surface area contributed by atoms with E-state index in [1.54, 1.807) is 23.6 Å². The molecule has 2 aromatic rings. The number of amides is 2. The molecule has 0 unspecified atom stereocenters. The van der Waals surface area contributed by atoms with Crippen molar-refractivity contribution in [3.05, 3.63) is 45.8 Å². The highest BCUT2D eigenvalue weighted by Crippen LogP contribution is 2.22. The predicted molar refractivity (Wildman–Crippen MR) is 94.1 cm³/mol. The second-order valence-corrected chi connectivity index (χ2v) is 6.26. The van der Waals surface area contributed by atoms with Crippen LogP contribution < -0.4 is 15.8 Å². The van der Waals surface area contributed by atoms with E-state index in [0.717, 1.165) is 16.9 Å². The number of ether oxygens (including phenoxy) is 2. The number of hydrogen-bond donors (Lipinski definition) is 2. The summed E-state index contributed by atoms with van der Waals surface area (Å²) in [5, 5.41) is 4.98. The Hall–Kier alpha value is -2.58. The quantitative estimate of drug-likeness (QED) is 0.715. The molecule has 25 heavy (non-hydrogen) atoms. The van der Waals surface area contributed by atoms with Crippen molar-refractivity contribution in [2.75, 3.05) is 18.5 Å². The number of nitrogens with one attached hydrogen (secondary N) is 1. The molecule has 0 atom stereocenters. The number of halogens is 1. The van der Waals surface area contributed by atoms with E-state index in [9.17, 15) is 14.4 Å². The van der Waals surface area contributed by atoms with Crippen LogP contribution in [-0.4, -0.2) is 31.0 Å². The number of thiophene rings is 1. The van der Waals surface area contributed by atoms with Crippen LogP contribution in [-0.2, 0) is 14.3 Å². The van der Waals surface area contributed by atoms with Crippen molar-refractivity contribution in [3.8, 4) is 5.75 Å². The minimum Gasteiger partial charge on any atom is -0.482 e. The van der Waals surface area contributed by atoms with Gasteiger partial charge in [-0.05, 0) is 42.1 Å². The van der Waals surface area contributed by atoms with E-state index in [-0.39, 0.29) is 12.2 Å². The molecular formula is C16H15ClN2O5S. The summed E-state index contributed by atoms with van der Waals surface area (Å²) in [6.45, 7) is 0.959. The molecule has 1 aromatic carbocycles. The fourth-order valence-electron chi connectivity index (χ4n) is 1.80. The Morgan fingerprint density at radius 2 is 2.00 bits per heavy atom. The average molecular weight is 383 g/mol. The Balaban J connectivity index is 1.77. The van der Waals surface area contributed by atoms with Gasteiger partial charge < -0.3 is 20.5 Å². The highest BCUT2D eigenvalue weighted by atomic mass is 35.5. The lowest BCUT2D eigenvalue weighted by molar-refractivity contribution is -0.149. The van der Waals surface area contributed by atoms with Gasteiger partial charge in [0.15, 0.2) is 13.2 Å². The minimum absolute atomic E-state index is 0.200. The van der Waals surface area contributed by atoms with Crippen molar-refractivity contribution in [2.45, 2.75) is 6.92 Å². The molecular weight excluding hydrogens is 368 g/mol. The summed E-state index contributed by atoms with van der Waals surface area (Å²) in [6.07, 6.45) is 0. The van der Waals surface area contributed by atoms with Crippen molar-refractivity contribution in [1.82, 2.24) is 0 Å². The standard InChI is InChI=1S/C16H15ClN2O5S/c1-9-6-10(2-3-12(9)17)23-8-14(21)24-7-13(20)19-16-11(15(18)22)4-5-25-16/h2-6H,7-8H2,1H3,(H2,18,22)(H,19,20). The van der Waals surface area contributed by atoms with Gasteiger partial charge in [-0.1, -0.05) is 11.6 Å². The van der Waals surface area contributed by atoms with Crippen LogP contribution in [0.1, 0.15) is 15.9 Å². The highest BCUT2D eigenvalue weighted by molar-refractivity contribution is 7.14. The van der Waals surface area contributed by atoms with Crippen LogP contribution in [0.2, 0.25) is 5.02 Å². The van der Waals surface area contributed by atoms with Crippen LogP contribution in [0, 0.1) is 6.92 Å². The fraction of sp³-hybridized carbons (Fsp3) is 0.188. The van der Waals surface area contributed by atoms with Gasteiger partial charge in [-0.3, -0.25) is 9.59 Å². The smallest absolute Gasteiger partial charge is 0.344 e. The first-order valence-electron chi connectivity index (χ1n) is 7.08. The summed E-state index contributed by atoms with van der Waals surface area (Å²) in [5.41, 5.74) is 6.19. The van der Waals surface area contributed by atoms with Gasteiger partial charge in [0.25, 0.3) is 11.8 Å². The molecule has 1 heterocycles. The normalized spacial score (nSPS) is 10.2. The van der Waals surface area contributed by atoms with Crippen molar-refractivity contribution in [1.29, 1.82) is 0 Å². The molecule has 0 fully saturated rings. The summed E-state index contributed by atoms with van der Waals surface area (Å²) in [6, 6.07) is 6.46. The topological polar surface area (TPSA) is 108 Å². The lowest BCUT2D eigenvalue weighted by atomic mass is 10.2. The van der Waals surface area contributed by atoms with E-state index in [1.807, 2.05) is 6.92 Å². The number of rotatable bonds is 7. The van der Waals surface area contributed by atoms with E-state index in [2.05, 4.69) is 5.32 Å². The van der Waals surface area contributed by atoms with Gasteiger partial charge in [0.2, 0.25) is 0 Å². The fourth-order valence-corrected chi connectivity index (χ4v) is 2.73. The van der Waals surface area contributed by atoms with Crippen LogP contribution >= 0.6 is 22.9 Å². The number of hydrogen-bond acceptors (Lipinski definition) is 6. The molecule has 0 saturated carbocycles. The van der Waals surface area contributed by atoms with Gasteiger partial charge in [-0.2, -0.15) is 0 Å². The largest absolute Gasteiger partial charge is 0.482 e. The predicted octanol–water partition coefficient (Wildman–Crippen LogP) is 2.37. The number of esters is 1. The summed E-state index contributed by atoms with van der Waals surface area (Å²) in [7, 11) is 0. The third-order valence-electron chi connectivity index (χ3n) is 3.03. The zero-order valence-corrected chi connectivity index (χ0v) is 14.8. The lowest BCUT2D eigenvalue weighted by Crippen LogP contribution is -2.24. The molecule has 3 N–H and O–H groups in total.